The topological polar surface area (TPSA) is 77.7 Å². The molecule has 0 aliphatic rings. The minimum absolute atomic E-state index is 0.0309. The molecule has 2 aromatic rings. The standard InChI is InChI=1S/C16H16F4N4O3/c1-9-5-10(2)24(23-9)8-14(25)22-21-7-11-3-4-12(26-15(17)18)6-13(11)27-16(19)20/h3-7,15-16H,8H2,1-2H3,(H,22,25)/b21-7+. The van der Waals surface area contributed by atoms with Gasteiger partial charge in [0.25, 0.3) is 5.91 Å². The van der Waals surface area contributed by atoms with Gasteiger partial charge in [0, 0.05) is 17.3 Å². The van der Waals surface area contributed by atoms with Gasteiger partial charge in [-0.3, -0.25) is 9.48 Å². The second-order valence-electron chi connectivity index (χ2n) is 5.33. The summed E-state index contributed by atoms with van der Waals surface area (Å²) in [6.07, 6.45) is 1.04. The van der Waals surface area contributed by atoms with Crippen molar-refractivity contribution in [3.63, 3.8) is 0 Å². The second kappa shape index (κ2) is 9.01. The Balaban J connectivity index is 2.05. The lowest BCUT2D eigenvalue weighted by Gasteiger charge is -2.10. The normalized spacial score (nSPS) is 11.4. The number of nitrogens with zero attached hydrogens (tertiary/aromatic N) is 3. The van der Waals surface area contributed by atoms with E-state index in [0.717, 1.165) is 29.7 Å². The molecule has 0 saturated carbocycles. The van der Waals surface area contributed by atoms with Crippen LogP contribution in [0.3, 0.4) is 0 Å². The maximum atomic E-state index is 12.5. The number of amides is 1. The Morgan fingerprint density at radius 1 is 1.22 bits per heavy atom. The van der Waals surface area contributed by atoms with Gasteiger partial charge in [0.15, 0.2) is 0 Å². The van der Waals surface area contributed by atoms with Gasteiger partial charge in [0.1, 0.15) is 18.0 Å². The number of nitrogens with one attached hydrogen (secondary N) is 1. The molecule has 1 aromatic heterocycles. The molecule has 0 radical (unpaired) electrons. The summed E-state index contributed by atoms with van der Waals surface area (Å²) in [6.45, 7) is -2.81. The number of aryl methyl sites for hydroxylation is 2. The molecule has 0 unspecified atom stereocenters. The monoisotopic (exact) mass is 388 g/mol. The Morgan fingerprint density at radius 3 is 2.52 bits per heavy atom. The first-order chi connectivity index (χ1) is 12.7. The fourth-order valence-corrected chi connectivity index (χ4v) is 2.18. The highest BCUT2D eigenvalue weighted by atomic mass is 19.3. The van der Waals surface area contributed by atoms with Crippen LogP contribution in [0, 0.1) is 13.8 Å². The quantitative estimate of drug-likeness (QED) is 0.429. The summed E-state index contributed by atoms with van der Waals surface area (Å²) in [5.74, 6) is -1.28. The number of aromatic nitrogens is 2. The predicted molar refractivity (Wildman–Crippen MR) is 87.1 cm³/mol. The number of ether oxygens (including phenoxy) is 2. The summed E-state index contributed by atoms with van der Waals surface area (Å²) in [6, 6.07) is 4.99. The van der Waals surface area contributed by atoms with Crippen LogP contribution in [0.2, 0.25) is 0 Å². The molecular formula is C16H16F4N4O3. The Labute approximate surface area is 151 Å². The number of rotatable bonds is 8. The first-order valence-corrected chi connectivity index (χ1v) is 7.61. The minimum Gasteiger partial charge on any atom is -0.435 e. The van der Waals surface area contributed by atoms with E-state index < -0.39 is 24.9 Å². The predicted octanol–water partition coefficient (Wildman–Crippen LogP) is 2.85. The molecular weight excluding hydrogens is 372 g/mol. The van der Waals surface area contributed by atoms with Crippen molar-refractivity contribution in [2.75, 3.05) is 0 Å². The van der Waals surface area contributed by atoms with Crippen molar-refractivity contribution >= 4 is 12.1 Å². The third kappa shape index (κ3) is 6.28. The highest BCUT2D eigenvalue weighted by Gasteiger charge is 2.13. The van der Waals surface area contributed by atoms with Crippen molar-refractivity contribution in [3.05, 3.63) is 41.2 Å². The molecule has 0 atom stereocenters. The van der Waals surface area contributed by atoms with Gasteiger partial charge in [-0.1, -0.05) is 0 Å². The zero-order chi connectivity index (χ0) is 20.0. The summed E-state index contributed by atoms with van der Waals surface area (Å²) >= 11 is 0. The zero-order valence-corrected chi connectivity index (χ0v) is 14.3. The molecule has 0 aliphatic heterocycles. The van der Waals surface area contributed by atoms with E-state index in [1.54, 1.807) is 19.9 Å². The number of hydrazone groups is 1. The van der Waals surface area contributed by atoms with Crippen molar-refractivity contribution < 1.29 is 31.8 Å². The second-order valence-corrected chi connectivity index (χ2v) is 5.33. The maximum absolute atomic E-state index is 12.5. The molecule has 1 heterocycles. The summed E-state index contributed by atoms with van der Waals surface area (Å²) in [5.41, 5.74) is 3.79. The van der Waals surface area contributed by atoms with Gasteiger partial charge in [0.05, 0.1) is 11.9 Å². The largest absolute Gasteiger partial charge is 0.435 e. The molecule has 1 aromatic carbocycles. The fraction of sp³-hybridized carbons (Fsp3) is 0.312. The number of carbonyl (C=O) groups excluding carboxylic acids is 1. The molecule has 1 N–H and O–H groups in total. The van der Waals surface area contributed by atoms with Crippen molar-refractivity contribution in [2.24, 2.45) is 5.10 Å². The van der Waals surface area contributed by atoms with E-state index in [1.165, 1.54) is 10.7 Å². The summed E-state index contributed by atoms with van der Waals surface area (Å²) in [4.78, 5) is 11.9. The lowest BCUT2D eigenvalue weighted by molar-refractivity contribution is -0.121. The lowest BCUT2D eigenvalue weighted by Crippen LogP contribution is -2.24. The molecule has 0 bridgehead atoms. The highest BCUT2D eigenvalue weighted by molar-refractivity contribution is 5.85. The minimum atomic E-state index is -3.18. The van der Waals surface area contributed by atoms with Crippen LogP contribution in [-0.2, 0) is 11.3 Å². The van der Waals surface area contributed by atoms with E-state index in [4.69, 9.17) is 0 Å². The van der Waals surface area contributed by atoms with E-state index >= 15 is 0 Å². The Kier molecular flexibility index (Phi) is 6.74. The average molecular weight is 388 g/mol. The third-order valence-corrected chi connectivity index (χ3v) is 3.22. The molecule has 2 rings (SSSR count). The van der Waals surface area contributed by atoms with Gasteiger partial charge in [-0.15, -0.1) is 0 Å². The molecule has 1 amide bonds. The lowest BCUT2D eigenvalue weighted by atomic mass is 10.2. The first kappa shape index (κ1) is 20.2. The smallest absolute Gasteiger partial charge is 0.387 e. The van der Waals surface area contributed by atoms with Crippen LogP contribution in [0.5, 0.6) is 11.5 Å². The van der Waals surface area contributed by atoms with Crippen molar-refractivity contribution in [3.8, 4) is 11.5 Å². The van der Waals surface area contributed by atoms with Crippen molar-refractivity contribution in [1.29, 1.82) is 0 Å². The maximum Gasteiger partial charge on any atom is 0.387 e. The van der Waals surface area contributed by atoms with Gasteiger partial charge in [-0.25, -0.2) is 5.43 Å². The molecule has 0 aliphatic carbocycles. The summed E-state index contributed by atoms with van der Waals surface area (Å²) in [7, 11) is 0. The van der Waals surface area contributed by atoms with Crippen molar-refractivity contribution in [1.82, 2.24) is 15.2 Å². The van der Waals surface area contributed by atoms with Crippen LogP contribution in [0.4, 0.5) is 17.6 Å². The van der Waals surface area contributed by atoms with Crippen LogP contribution in [0.25, 0.3) is 0 Å². The summed E-state index contributed by atoms with van der Waals surface area (Å²) in [5, 5.41) is 7.78. The van der Waals surface area contributed by atoms with Crippen LogP contribution < -0.4 is 14.9 Å². The van der Waals surface area contributed by atoms with E-state index in [-0.39, 0.29) is 17.9 Å². The average Bonchev–Trinajstić information content (AvgIpc) is 2.85. The van der Waals surface area contributed by atoms with E-state index in [0.29, 0.717) is 0 Å². The Hall–Kier alpha value is -3.11. The van der Waals surface area contributed by atoms with Gasteiger partial charge in [0.2, 0.25) is 0 Å². The number of benzene rings is 1. The molecule has 146 valence electrons. The van der Waals surface area contributed by atoms with Crippen LogP contribution in [0.1, 0.15) is 17.0 Å². The van der Waals surface area contributed by atoms with Gasteiger partial charge in [-0.2, -0.15) is 27.8 Å². The Bertz CT molecular complexity index is 824. The van der Waals surface area contributed by atoms with Gasteiger partial charge < -0.3 is 9.47 Å². The number of carbonyl (C=O) groups is 1. The van der Waals surface area contributed by atoms with Crippen molar-refractivity contribution in [2.45, 2.75) is 33.6 Å². The molecule has 0 fully saturated rings. The molecule has 0 spiro atoms. The van der Waals surface area contributed by atoms with Crippen LogP contribution >= 0.6 is 0 Å². The highest BCUT2D eigenvalue weighted by Crippen LogP contribution is 2.26. The zero-order valence-electron chi connectivity index (χ0n) is 14.3. The van der Waals surface area contributed by atoms with Gasteiger partial charge in [-0.05, 0) is 32.0 Å². The number of hydrogen-bond acceptors (Lipinski definition) is 5. The first-order valence-electron chi connectivity index (χ1n) is 7.61. The van der Waals surface area contributed by atoms with Crippen LogP contribution in [0.15, 0.2) is 29.4 Å². The van der Waals surface area contributed by atoms with E-state index in [2.05, 4.69) is 25.1 Å². The molecule has 7 nitrogen and oxygen atoms in total. The molecule has 0 saturated heterocycles. The number of halogens is 4. The molecule has 11 heteroatoms. The van der Waals surface area contributed by atoms with Gasteiger partial charge >= 0.3 is 13.2 Å². The fourth-order valence-electron chi connectivity index (χ4n) is 2.18. The molecule has 27 heavy (non-hydrogen) atoms. The van der Waals surface area contributed by atoms with E-state index in [9.17, 15) is 22.4 Å². The summed E-state index contributed by atoms with van der Waals surface area (Å²) < 4.78 is 59.3. The number of hydrogen-bond donors (Lipinski definition) is 1. The third-order valence-electron chi connectivity index (χ3n) is 3.22. The van der Waals surface area contributed by atoms with E-state index in [1.807, 2.05) is 0 Å². The van der Waals surface area contributed by atoms with Crippen LogP contribution in [-0.4, -0.2) is 35.1 Å². The number of alkyl halides is 4. The SMILES string of the molecule is Cc1cc(C)n(CC(=O)N/N=C/c2ccc(OC(F)F)cc2OC(F)F)n1. The Morgan fingerprint density at radius 2 is 1.93 bits per heavy atom.